The molecule has 0 saturated heterocycles. The second-order valence-electron chi connectivity index (χ2n) is 7.24. The van der Waals surface area contributed by atoms with Gasteiger partial charge in [0.05, 0.1) is 0 Å². The maximum absolute atomic E-state index is 3.71. The van der Waals surface area contributed by atoms with Gasteiger partial charge in [0, 0.05) is 11.6 Å². The minimum absolute atomic E-state index is 0.362. The van der Waals surface area contributed by atoms with Crippen LogP contribution in [0.4, 0.5) is 0 Å². The summed E-state index contributed by atoms with van der Waals surface area (Å²) >= 11 is 0. The number of nitrogens with zero attached hydrogens (tertiary/aromatic N) is 1. The Morgan fingerprint density at radius 3 is 2.33 bits per heavy atom. The Morgan fingerprint density at radius 2 is 1.76 bits per heavy atom. The molecule has 0 heterocycles. The second kappa shape index (κ2) is 6.10. The average molecular weight is 286 g/mol. The molecule has 1 aromatic carbocycles. The molecule has 3 unspecified atom stereocenters. The van der Waals surface area contributed by atoms with E-state index in [0.717, 1.165) is 11.8 Å². The van der Waals surface area contributed by atoms with Crippen molar-refractivity contribution in [2.24, 2.45) is 5.92 Å². The molecule has 3 atom stereocenters. The van der Waals surface area contributed by atoms with Gasteiger partial charge in [-0.15, -0.1) is 0 Å². The summed E-state index contributed by atoms with van der Waals surface area (Å²) < 4.78 is 0. The van der Waals surface area contributed by atoms with Crippen LogP contribution in [0.3, 0.4) is 0 Å². The van der Waals surface area contributed by atoms with E-state index in [0.29, 0.717) is 11.6 Å². The molecule has 2 saturated carbocycles. The highest BCUT2D eigenvalue weighted by atomic mass is 15.2. The summed E-state index contributed by atoms with van der Waals surface area (Å²) in [5, 5.41) is 3.71. The molecule has 116 valence electrons. The van der Waals surface area contributed by atoms with Gasteiger partial charge >= 0.3 is 0 Å². The van der Waals surface area contributed by atoms with Gasteiger partial charge in [-0.1, -0.05) is 49.6 Å². The molecule has 2 fully saturated rings. The van der Waals surface area contributed by atoms with E-state index in [2.05, 4.69) is 61.7 Å². The zero-order valence-corrected chi connectivity index (χ0v) is 13.8. The normalized spacial score (nSPS) is 29.3. The quantitative estimate of drug-likeness (QED) is 0.889. The zero-order valence-electron chi connectivity index (χ0n) is 13.8. The van der Waals surface area contributed by atoms with Crippen LogP contribution >= 0.6 is 0 Å². The van der Waals surface area contributed by atoms with Gasteiger partial charge in [0.25, 0.3) is 0 Å². The van der Waals surface area contributed by atoms with Gasteiger partial charge in [0.15, 0.2) is 0 Å². The van der Waals surface area contributed by atoms with Crippen LogP contribution in [0.5, 0.6) is 0 Å². The van der Waals surface area contributed by atoms with Crippen LogP contribution in [0.1, 0.15) is 50.0 Å². The minimum atomic E-state index is 0.362. The van der Waals surface area contributed by atoms with Gasteiger partial charge in [-0.2, -0.15) is 0 Å². The van der Waals surface area contributed by atoms with Crippen molar-refractivity contribution in [3.05, 3.63) is 35.9 Å². The number of hydrogen-bond acceptors (Lipinski definition) is 2. The molecule has 2 aliphatic rings. The third-order valence-electron chi connectivity index (χ3n) is 6.00. The summed E-state index contributed by atoms with van der Waals surface area (Å²) in [4.78, 5) is 2.52. The minimum Gasteiger partial charge on any atom is -0.315 e. The largest absolute Gasteiger partial charge is 0.315 e. The summed E-state index contributed by atoms with van der Waals surface area (Å²) in [6.07, 6.45) is 8.25. The molecule has 2 heteroatoms. The van der Waals surface area contributed by atoms with E-state index in [9.17, 15) is 0 Å². The van der Waals surface area contributed by atoms with Crippen molar-refractivity contribution in [1.82, 2.24) is 10.2 Å². The van der Waals surface area contributed by atoms with Crippen LogP contribution in [0.2, 0.25) is 0 Å². The number of rotatable bonds is 5. The lowest BCUT2D eigenvalue weighted by Crippen LogP contribution is -2.60. The van der Waals surface area contributed by atoms with Crippen LogP contribution in [0, 0.1) is 5.92 Å². The van der Waals surface area contributed by atoms with E-state index in [1.165, 1.54) is 44.1 Å². The highest BCUT2D eigenvalue weighted by Crippen LogP contribution is 2.54. The second-order valence-corrected chi connectivity index (χ2v) is 7.24. The topological polar surface area (TPSA) is 15.3 Å². The molecule has 0 bridgehead atoms. The molecular formula is C19H30N2. The Kier molecular flexibility index (Phi) is 4.37. The fraction of sp³-hybridized carbons (Fsp3) is 0.684. The van der Waals surface area contributed by atoms with Crippen LogP contribution < -0.4 is 5.32 Å². The molecule has 1 aromatic rings. The van der Waals surface area contributed by atoms with E-state index in [-0.39, 0.29) is 0 Å². The molecule has 0 aliphatic heterocycles. The summed E-state index contributed by atoms with van der Waals surface area (Å²) in [5.74, 6) is 1.57. The maximum atomic E-state index is 3.71. The summed E-state index contributed by atoms with van der Waals surface area (Å²) in [5.41, 5.74) is 1.90. The maximum Gasteiger partial charge on any atom is 0.0359 e. The van der Waals surface area contributed by atoms with Crippen molar-refractivity contribution in [3.63, 3.8) is 0 Å². The zero-order chi connectivity index (χ0) is 14.9. The molecule has 0 radical (unpaired) electrons. The summed E-state index contributed by atoms with van der Waals surface area (Å²) in [7, 11) is 6.75. The molecule has 1 N–H and O–H groups in total. The number of likely N-dealkylation sites (N-methyl/N-ethyl adjacent to an activating group) is 2. The van der Waals surface area contributed by atoms with Crippen LogP contribution in [0.15, 0.2) is 30.3 Å². The first-order chi connectivity index (χ1) is 10.2. The Balaban J connectivity index is 1.79. The van der Waals surface area contributed by atoms with Gasteiger partial charge in [0.1, 0.15) is 0 Å². The molecule has 2 aliphatic carbocycles. The molecular weight excluding hydrogens is 256 g/mol. The third kappa shape index (κ3) is 2.76. The van der Waals surface area contributed by atoms with E-state index < -0.39 is 0 Å². The SMILES string of the molecule is CNC(C1CC1c1ccccc1)C1(N(C)C)CCCCC1. The van der Waals surface area contributed by atoms with Gasteiger partial charge in [-0.25, -0.2) is 0 Å². The Hall–Kier alpha value is -0.860. The first-order valence-electron chi connectivity index (χ1n) is 8.59. The standard InChI is InChI=1S/C19H30N2/c1-20-18(19(21(2)3)12-8-5-9-13-19)17-14-16(17)15-10-6-4-7-11-15/h4,6-7,10-11,16-18,20H,5,8-9,12-14H2,1-3H3. The fourth-order valence-electron chi connectivity index (χ4n) is 4.75. The van der Waals surface area contributed by atoms with Crippen molar-refractivity contribution in [2.75, 3.05) is 21.1 Å². The first-order valence-corrected chi connectivity index (χ1v) is 8.59. The van der Waals surface area contributed by atoms with E-state index >= 15 is 0 Å². The lowest BCUT2D eigenvalue weighted by Gasteiger charge is -2.49. The van der Waals surface area contributed by atoms with Crippen molar-refractivity contribution in [2.45, 2.75) is 56.0 Å². The van der Waals surface area contributed by atoms with Gasteiger partial charge in [-0.05, 0) is 57.8 Å². The smallest absolute Gasteiger partial charge is 0.0359 e. The molecule has 21 heavy (non-hydrogen) atoms. The van der Waals surface area contributed by atoms with E-state index in [1.807, 2.05) is 0 Å². The molecule has 0 spiro atoms. The predicted molar refractivity (Wildman–Crippen MR) is 89.6 cm³/mol. The first kappa shape index (κ1) is 15.1. The molecule has 2 nitrogen and oxygen atoms in total. The lowest BCUT2D eigenvalue weighted by atomic mass is 9.73. The van der Waals surface area contributed by atoms with Crippen LogP contribution in [0.25, 0.3) is 0 Å². The molecule has 0 amide bonds. The Labute approximate surface area is 129 Å². The number of nitrogens with one attached hydrogen (secondary N) is 1. The summed E-state index contributed by atoms with van der Waals surface area (Å²) in [6, 6.07) is 11.7. The van der Waals surface area contributed by atoms with Gasteiger partial charge < -0.3 is 10.2 Å². The highest BCUT2D eigenvalue weighted by Gasteiger charge is 2.52. The molecule has 0 aromatic heterocycles. The monoisotopic (exact) mass is 286 g/mol. The van der Waals surface area contributed by atoms with Crippen molar-refractivity contribution in [1.29, 1.82) is 0 Å². The fourth-order valence-corrected chi connectivity index (χ4v) is 4.75. The Morgan fingerprint density at radius 1 is 1.10 bits per heavy atom. The van der Waals surface area contributed by atoms with Crippen LogP contribution in [-0.4, -0.2) is 37.6 Å². The van der Waals surface area contributed by atoms with E-state index in [1.54, 1.807) is 0 Å². The average Bonchev–Trinajstić information content (AvgIpc) is 3.30. The lowest BCUT2D eigenvalue weighted by molar-refractivity contribution is 0.0505. The van der Waals surface area contributed by atoms with Crippen molar-refractivity contribution in [3.8, 4) is 0 Å². The van der Waals surface area contributed by atoms with Crippen molar-refractivity contribution >= 4 is 0 Å². The third-order valence-corrected chi connectivity index (χ3v) is 6.00. The number of benzene rings is 1. The van der Waals surface area contributed by atoms with Crippen LogP contribution in [-0.2, 0) is 0 Å². The Bertz CT molecular complexity index is 448. The van der Waals surface area contributed by atoms with Gasteiger partial charge in [0.2, 0.25) is 0 Å². The van der Waals surface area contributed by atoms with E-state index in [4.69, 9.17) is 0 Å². The summed E-state index contributed by atoms with van der Waals surface area (Å²) in [6.45, 7) is 0. The number of hydrogen-bond donors (Lipinski definition) is 1. The predicted octanol–water partition coefficient (Wildman–Crippen LogP) is 3.64. The van der Waals surface area contributed by atoms with Crippen molar-refractivity contribution < 1.29 is 0 Å². The molecule has 3 rings (SSSR count). The highest BCUT2D eigenvalue weighted by molar-refractivity contribution is 5.28. The van der Waals surface area contributed by atoms with Gasteiger partial charge in [-0.3, -0.25) is 0 Å².